The molecule has 1 aromatic carbocycles. The molecule has 0 bridgehead atoms. The third-order valence-electron chi connectivity index (χ3n) is 4.15. The van der Waals surface area contributed by atoms with Gasteiger partial charge in [-0.15, -0.1) is 0 Å². The first kappa shape index (κ1) is 20.4. The molecule has 0 aliphatic carbocycles. The fourth-order valence-corrected chi connectivity index (χ4v) is 3.65. The summed E-state index contributed by atoms with van der Waals surface area (Å²) in [5.74, 6) is -2.12. The fourth-order valence-electron chi connectivity index (χ4n) is 2.76. The van der Waals surface area contributed by atoms with Crippen molar-refractivity contribution in [3.8, 4) is 11.3 Å². The zero-order valence-electron chi connectivity index (χ0n) is 15.5. The van der Waals surface area contributed by atoms with Crippen LogP contribution in [0.4, 0.5) is 4.79 Å². The highest BCUT2D eigenvalue weighted by Crippen LogP contribution is 2.35. The van der Waals surface area contributed by atoms with Gasteiger partial charge in [-0.25, -0.2) is 4.79 Å². The van der Waals surface area contributed by atoms with Gasteiger partial charge in [0.1, 0.15) is 17.6 Å². The number of carboxylic acid groups (broad SMARTS) is 1. The van der Waals surface area contributed by atoms with E-state index in [-0.39, 0.29) is 28.6 Å². The summed E-state index contributed by atoms with van der Waals surface area (Å²) >= 11 is 0.680. The third-order valence-corrected chi connectivity index (χ3v) is 5.03. The molecule has 2 heterocycles. The van der Waals surface area contributed by atoms with Crippen LogP contribution in [-0.2, 0) is 14.3 Å². The molecule has 3 rings (SSSR count). The van der Waals surface area contributed by atoms with Crippen LogP contribution >= 0.6 is 11.8 Å². The number of carbonyl (C=O) groups excluding carboxylic acids is 4. The van der Waals surface area contributed by atoms with Crippen LogP contribution in [0, 0.1) is 0 Å². The number of carboxylic acids is 1. The predicted octanol–water partition coefficient (Wildman–Crippen LogP) is 2.30. The molecule has 0 spiro atoms. The molecule has 1 aliphatic rings. The molecule has 9 heteroatoms. The average Bonchev–Trinajstić information content (AvgIpc) is 3.26. The molecule has 1 aromatic heterocycles. The van der Waals surface area contributed by atoms with Gasteiger partial charge >= 0.3 is 5.97 Å². The largest absolute Gasteiger partial charge is 0.545 e. The van der Waals surface area contributed by atoms with Crippen molar-refractivity contribution in [1.29, 1.82) is 0 Å². The zero-order valence-corrected chi connectivity index (χ0v) is 16.4. The number of benzene rings is 1. The first-order valence-corrected chi connectivity index (χ1v) is 9.49. The Morgan fingerprint density at radius 1 is 1.24 bits per heavy atom. The van der Waals surface area contributed by atoms with Crippen molar-refractivity contribution in [3.63, 3.8) is 0 Å². The van der Waals surface area contributed by atoms with E-state index in [0.29, 0.717) is 17.3 Å². The number of esters is 1. The number of furan rings is 1. The van der Waals surface area contributed by atoms with E-state index in [1.807, 2.05) is 0 Å². The summed E-state index contributed by atoms with van der Waals surface area (Å²) in [6, 6.07) is 8.25. The second-order valence-electron chi connectivity index (χ2n) is 6.01. The molecular formula is C20H16NO7S-. The van der Waals surface area contributed by atoms with E-state index < -0.39 is 29.1 Å². The number of rotatable bonds is 6. The van der Waals surface area contributed by atoms with Gasteiger partial charge < -0.3 is 19.1 Å². The van der Waals surface area contributed by atoms with Crippen LogP contribution in [0.25, 0.3) is 17.4 Å². The number of carbonyl (C=O) groups is 4. The summed E-state index contributed by atoms with van der Waals surface area (Å²) in [7, 11) is 0. The maximum atomic E-state index is 12.6. The van der Waals surface area contributed by atoms with Gasteiger partial charge in [-0.2, -0.15) is 0 Å². The van der Waals surface area contributed by atoms with E-state index in [2.05, 4.69) is 0 Å². The summed E-state index contributed by atoms with van der Waals surface area (Å²) in [6.45, 7) is 3.18. The smallest absolute Gasteiger partial charge is 0.329 e. The molecule has 150 valence electrons. The lowest BCUT2D eigenvalue weighted by atomic mass is 10.1. The first-order valence-electron chi connectivity index (χ1n) is 8.67. The van der Waals surface area contributed by atoms with Gasteiger partial charge in [-0.1, -0.05) is 24.3 Å². The van der Waals surface area contributed by atoms with Crippen molar-refractivity contribution in [2.75, 3.05) is 6.61 Å². The second-order valence-corrected chi connectivity index (χ2v) is 7.01. The molecule has 1 aliphatic heterocycles. The molecule has 1 atom stereocenters. The second kappa shape index (κ2) is 8.36. The molecule has 8 nitrogen and oxygen atoms in total. The zero-order chi connectivity index (χ0) is 21.1. The predicted molar refractivity (Wildman–Crippen MR) is 102 cm³/mol. The van der Waals surface area contributed by atoms with Crippen molar-refractivity contribution >= 4 is 40.9 Å². The fraction of sp³-hybridized carbons (Fsp3) is 0.200. The molecule has 2 amide bonds. The number of nitrogens with zero attached hydrogens (tertiary/aromatic N) is 1. The van der Waals surface area contributed by atoms with Crippen LogP contribution in [-0.4, -0.2) is 40.6 Å². The molecule has 1 unspecified atom stereocenters. The van der Waals surface area contributed by atoms with Crippen LogP contribution in [0.2, 0.25) is 0 Å². The molecule has 0 N–H and O–H groups in total. The van der Waals surface area contributed by atoms with Crippen molar-refractivity contribution in [2.45, 2.75) is 19.9 Å². The van der Waals surface area contributed by atoms with Crippen LogP contribution in [0.15, 0.2) is 45.7 Å². The summed E-state index contributed by atoms with van der Waals surface area (Å²) in [4.78, 5) is 48.8. The monoisotopic (exact) mass is 414 g/mol. The number of hydrogen-bond acceptors (Lipinski definition) is 8. The molecule has 29 heavy (non-hydrogen) atoms. The number of thioether (sulfide) groups is 1. The lowest BCUT2D eigenvalue weighted by Gasteiger charge is -2.19. The van der Waals surface area contributed by atoms with Crippen LogP contribution in [0.5, 0.6) is 0 Å². The average molecular weight is 414 g/mol. The summed E-state index contributed by atoms with van der Waals surface area (Å²) in [6.07, 6.45) is 1.37. The Morgan fingerprint density at radius 3 is 2.66 bits per heavy atom. The van der Waals surface area contributed by atoms with E-state index in [0.717, 1.165) is 4.90 Å². The molecule has 0 saturated carbocycles. The van der Waals surface area contributed by atoms with E-state index in [9.17, 15) is 24.3 Å². The Labute approximate surface area is 170 Å². The number of amides is 2. The minimum Gasteiger partial charge on any atom is -0.545 e. The van der Waals surface area contributed by atoms with Crippen LogP contribution in [0.3, 0.4) is 0 Å². The maximum absolute atomic E-state index is 12.6. The number of aromatic carboxylic acids is 1. The Balaban J connectivity index is 1.86. The summed E-state index contributed by atoms with van der Waals surface area (Å²) in [5, 5.41) is 10.7. The molecule has 1 saturated heterocycles. The van der Waals surface area contributed by atoms with Gasteiger partial charge in [-0.05, 0) is 37.7 Å². The highest BCUT2D eigenvalue weighted by molar-refractivity contribution is 8.18. The van der Waals surface area contributed by atoms with Gasteiger partial charge in [0.15, 0.2) is 0 Å². The Morgan fingerprint density at radius 2 is 1.97 bits per heavy atom. The Kier molecular flexibility index (Phi) is 5.88. The number of hydrogen-bond donors (Lipinski definition) is 0. The topological polar surface area (TPSA) is 117 Å². The van der Waals surface area contributed by atoms with Gasteiger partial charge in [0, 0.05) is 17.2 Å². The lowest BCUT2D eigenvalue weighted by Crippen LogP contribution is -2.42. The summed E-state index contributed by atoms with van der Waals surface area (Å²) < 4.78 is 10.5. The van der Waals surface area contributed by atoms with Gasteiger partial charge in [-0.3, -0.25) is 14.5 Å². The quantitative estimate of drug-likeness (QED) is 0.522. The summed E-state index contributed by atoms with van der Waals surface area (Å²) in [5.41, 5.74) is 0.299. The van der Waals surface area contributed by atoms with Gasteiger partial charge in [0.05, 0.1) is 17.5 Å². The number of ether oxygens (including phenoxy) is 1. The third kappa shape index (κ3) is 4.09. The van der Waals surface area contributed by atoms with E-state index in [1.54, 1.807) is 37.3 Å². The van der Waals surface area contributed by atoms with Crippen molar-refractivity contribution in [2.24, 2.45) is 0 Å². The maximum Gasteiger partial charge on any atom is 0.329 e. The van der Waals surface area contributed by atoms with Crippen LogP contribution < -0.4 is 5.11 Å². The van der Waals surface area contributed by atoms with E-state index >= 15 is 0 Å². The van der Waals surface area contributed by atoms with Crippen molar-refractivity contribution in [3.05, 3.63) is 52.6 Å². The van der Waals surface area contributed by atoms with Gasteiger partial charge in [0.25, 0.3) is 11.1 Å². The number of imide groups is 1. The molecule has 2 aromatic rings. The molecule has 1 fully saturated rings. The van der Waals surface area contributed by atoms with Crippen molar-refractivity contribution < 1.29 is 33.4 Å². The Hall–Kier alpha value is -3.33. The van der Waals surface area contributed by atoms with Crippen LogP contribution in [0.1, 0.15) is 30.0 Å². The SMILES string of the molecule is CCOC(=O)C(C)N1C(=O)S/C(=C/c2ccc(-c3ccccc3C(=O)[O-])o2)C1=O. The highest BCUT2D eigenvalue weighted by Gasteiger charge is 2.41. The minimum atomic E-state index is -1.34. The highest BCUT2D eigenvalue weighted by atomic mass is 32.2. The minimum absolute atomic E-state index is 0.0306. The standard InChI is InChI=1S/C20H17NO7S/c1-3-27-19(25)11(2)21-17(22)16(29-20(21)26)10-12-8-9-15(28-12)13-6-4-5-7-14(13)18(23)24/h4-11H,3H2,1-2H3,(H,23,24)/p-1/b16-10+. The lowest BCUT2D eigenvalue weighted by molar-refractivity contribution is -0.255. The van der Waals surface area contributed by atoms with Crippen molar-refractivity contribution in [1.82, 2.24) is 4.90 Å². The molecule has 0 radical (unpaired) electrons. The van der Waals surface area contributed by atoms with E-state index in [4.69, 9.17) is 9.15 Å². The normalized spacial score (nSPS) is 16.3. The van der Waals surface area contributed by atoms with Gasteiger partial charge in [0.2, 0.25) is 0 Å². The Bertz CT molecular complexity index is 1020. The molecular weight excluding hydrogens is 398 g/mol. The first-order chi connectivity index (χ1) is 13.8. The van der Waals surface area contributed by atoms with E-state index in [1.165, 1.54) is 19.1 Å².